The molecule has 10 heteroatoms. The van der Waals surface area contributed by atoms with Crippen molar-refractivity contribution in [1.29, 1.82) is 0 Å². The standard InChI is InChI=1S/C20H26FN5O2S2/c1-13(2)30(5)12-28-20(27)26(30)18-14-10-11-22-17(14)23-19(24-18)25-29(3,4)16-9-7-6-8-15(16)21/h6-11,13H,12H2,1-5H3,(H2,22,23,24,25). The van der Waals surface area contributed by atoms with E-state index in [0.29, 0.717) is 28.2 Å². The van der Waals surface area contributed by atoms with Gasteiger partial charge in [0.25, 0.3) is 0 Å². The van der Waals surface area contributed by atoms with Crippen LogP contribution in [0.25, 0.3) is 11.0 Å². The molecule has 30 heavy (non-hydrogen) atoms. The fourth-order valence-corrected chi connectivity index (χ4v) is 7.05. The Morgan fingerprint density at radius 2 is 2.00 bits per heavy atom. The zero-order valence-electron chi connectivity index (χ0n) is 17.6. The van der Waals surface area contributed by atoms with E-state index in [0.717, 1.165) is 5.39 Å². The highest BCUT2D eigenvalue weighted by atomic mass is 32.3. The molecule has 162 valence electrons. The van der Waals surface area contributed by atoms with E-state index >= 15 is 0 Å². The number of halogens is 1. The summed E-state index contributed by atoms with van der Waals surface area (Å²) in [6.45, 7) is 4.18. The van der Waals surface area contributed by atoms with Crippen LogP contribution in [0, 0.1) is 5.82 Å². The molecule has 1 unspecified atom stereocenters. The normalized spacial score (nSPS) is 22.2. The van der Waals surface area contributed by atoms with Crippen molar-refractivity contribution in [2.45, 2.75) is 24.0 Å². The van der Waals surface area contributed by atoms with Crippen molar-refractivity contribution < 1.29 is 13.9 Å². The monoisotopic (exact) mass is 451 g/mol. The molecule has 1 fully saturated rings. The van der Waals surface area contributed by atoms with Crippen LogP contribution < -0.4 is 9.03 Å². The molecule has 1 atom stereocenters. The van der Waals surface area contributed by atoms with Crippen molar-refractivity contribution >= 4 is 49.3 Å². The molecule has 4 rings (SSSR count). The summed E-state index contributed by atoms with van der Waals surface area (Å²) in [5.74, 6) is 0.953. The van der Waals surface area contributed by atoms with Gasteiger partial charge in [0.05, 0.1) is 5.39 Å². The van der Waals surface area contributed by atoms with E-state index in [1.165, 1.54) is 6.07 Å². The highest BCUT2D eigenvalue weighted by Crippen LogP contribution is 2.59. The lowest BCUT2D eigenvalue weighted by Gasteiger charge is -2.40. The Labute approximate surface area is 178 Å². The van der Waals surface area contributed by atoms with Gasteiger partial charge in [0, 0.05) is 16.3 Å². The van der Waals surface area contributed by atoms with Gasteiger partial charge < -0.3 is 14.4 Å². The van der Waals surface area contributed by atoms with Gasteiger partial charge in [-0.15, -0.1) is 20.4 Å². The number of rotatable bonds is 5. The topological polar surface area (TPSA) is 83.1 Å². The van der Waals surface area contributed by atoms with E-state index in [9.17, 15) is 9.18 Å². The van der Waals surface area contributed by atoms with Crippen LogP contribution in [-0.2, 0) is 4.74 Å². The van der Waals surface area contributed by atoms with Crippen molar-refractivity contribution in [1.82, 2.24) is 15.0 Å². The van der Waals surface area contributed by atoms with Crippen molar-refractivity contribution in [3.8, 4) is 0 Å². The van der Waals surface area contributed by atoms with E-state index in [-0.39, 0.29) is 11.1 Å². The van der Waals surface area contributed by atoms with Gasteiger partial charge >= 0.3 is 6.09 Å². The van der Waals surface area contributed by atoms with E-state index in [2.05, 4.69) is 34.8 Å². The number of hydrogen-bond acceptors (Lipinski definition) is 5. The number of carbonyl (C=O) groups is 1. The minimum atomic E-state index is -1.79. The molecular formula is C20H26FN5O2S2. The molecule has 7 nitrogen and oxygen atoms in total. The first-order valence-corrected chi connectivity index (χ1v) is 14.1. The zero-order chi connectivity index (χ0) is 21.7. The van der Waals surface area contributed by atoms with Gasteiger partial charge in [-0.2, -0.15) is 9.97 Å². The number of nitrogens with zero attached hydrogens (tertiary/aromatic N) is 3. The van der Waals surface area contributed by atoms with Crippen LogP contribution in [0.15, 0.2) is 41.4 Å². The number of benzene rings is 1. The summed E-state index contributed by atoms with van der Waals surface area (Å²) in [6.07, 6.45) is 7.34. The van der Waals surface area contributed by atoms with Gasteiger partial charge in [-0.3, -0.25) is 0 Å². The molecule has 1 saturated heterocycles. The lowest BCUT2D eigenvalue weighted by Crippen LogP contribution is -2.31. The number of carbonyl (C=O) groups excluding carboxylic acids is 1. The van der Waals surface area contributed by atoms with E-state index in [1.54, 1.807) is 22.6 Å². The minimum absolute atomic E-state index is 0.227. The number of aromatic nitrogens is 3. The molecule has 3 heterocycles. The number of anilines is 2. The van der Waals surface area contributed by atoms with Gasteiger partial charge in [-0.1, -0.05) is 26.0 Å². The first-order chi connectivity index (χ1) is 14.1. The molecule has 0 saturated carbocycles. The minimum Gasteiger partial charge on any atom is -0.437 e. The Bertz CT molecular complexity index is 1120. The van der Waals surface area contributed by atoms with E-state index < -0.39 is 26.5 Å². The molecule has 2 N–H and O–H groups in total. The third-order valence-electron chi connectivity index (χ3n) is 5.34. The number of H-pyrrole nitrogens is 1. The first kappa shape index (κ1) is 20.8. The maximum Gasteiger partial charge on any atom is 0.425 e. The maximum absolute atomic E-state index is 14.4. The van der Waals surface area contributed by atoms with Crippen molar-refractivity contribution in [2.75, 3.05) is 33.7 Å². The van der Waals surface area contributed by atoms with Crippen LogP contribution in [-0.4, -0.2) is 51.0 Å². The van der Waals surface area contributed by atoms with Crippen LogP contribution in [0.5, 0.6) is 0 Å². The fourth-order valence-electron chi connectivity index (χ4n) is 3.35. The fraction of sp³-hybridized carbons (Fsp3) is 0.350. The summed E-state index contributed by atoms with van der Waals surface area (Å²) in [4.78, 5) is 25.7. The number of amides is 1. The second-order valence-electron chi connectivity index (χ2n) is 7.95. The van der Waals surface area contributed by atoms with Crippen LogP contribution in [0.4, 0.5) is 21.0 Å². The second kappa shape index (κ2) is 7.35. The van der Waals surface area contributed by atoms with Gasteiger partial charge in [0.1, 0.15) is 17.4 Å². The molecule has 1 aromatic carbocycles. The largest absolute Gasteiger partial charge is 0.437 e. The van der Waals surface area contributed by atoms with Crippen molar-refractivity contribution in [3.05, 3.63) is 42.3 Å². The van der Waals surface area contributed by atoms with Crippen LogP contribution in [0.2, 0.25) is 0 Å². The summed E-state index contributed by atoms with van der Waals surface area (Å²) < 4.78 is 24.9. The summed E-state index contributed by atoms with van der Waals surface area (Å²) >= 11 is 0. The van der Waals surface area contributed by atoms with Crippen LogP contribution in [0.3, 0.4) is 0 Å². The Balaban J connectivity index is 1.81. The molecule has 1 aliphatic heterocycles. The number of fused-ring (bicyclic) bond motifs is 1. The Hall–Kier alpha value is -2.46. The molecule has 0 aliphatic carbocycles. The molecular weight excluding hydrogens is 425 g/mol. The average Bonchev–Trinajstić information content (AvgIpc) is 3.26. The van der Waals surface area contributed by atoms with Crippen LogP contribution in [0.1, 0.15) is 13.8 Å². The number of aromatic amines is 1. The van der Waals surface area contributed by atoms with Gasteiger partial charge in [0.2, 0.25) is 5.95 Å². The lowest BCUT2D eigenvalue weighted by atomic mass is 10.3. The molecule has 3 aromatic rings. The molecule has 1 aliphatic rings. The van der Waals surface area contributed by atoms with Crippen molar-refractivity contribution in [3.63, 3.8) is 0 Å². The number of nitrogens with one attached hydrogen (secondary N) is 2. The highest BCUT2D eigenvalue weighted by molar-refractivity contribution is 8.35. The smallest absolute Gasteiger partial charge is 0.425 e. The molecule has 1 amide bonds. The Morgan fingerprint density at radius 3 is 2.70 bits per heavy atom. The Morgan fingerprint density at radius 1 is 1.27 bits per heavy atom. The maximum atomic E-state index is 14.4. The van der Waals surface area contributed by atoms with Crippen LogP contribution >= 0.6 is 20.4 Å². The molecule has 0 bridgehead atoms. The van der Waals surface area contributed by atoms with Gasteiger partial charge in [-0.05, 0) is 37.0 Å². The number of cyclic esters (lactones) is 1. The summed E-state index contributed by atoms with van der Waals surface area (Å²) in [5, 5.41) is 0.974. The van der Waals surface area contributed by atoms with E-state index in [4.69, 9.17) is 9.72 Å². The summed E-state index contributed by atoms with van der Waals surface area (Å²) in [7, 11) is -3.36. The lowest BCUT2D eigenvalue weighted by molar-refractivity contribution is 0.184. The number of ether oxygens (including phenoxy) is 1. The predicted molar refractivity (Wildman–Crippen MR) is 124 cm³/mol. The summed E-state index contributed by atoms with van der Waals surface area (Å²) in [6, 6.07) is 8.55. The predicted octanol–water partition coefficient (Wildman–Crippen LogP) is 5.22. The Kier molecular flexibility index (Phi) is 5.09. The van der Waals surface area contributed by atoms with Gasteiger partial charge in [-0.25, -0.2) is 13.5 Å². The molecule has 2 aromatic heterocycles. The summed E-state index contributed by atoms with van der Waals surface area (Å²) in [5.41, 5.74) is 0.608. The average molecular weight is 452 g/mol. The quantitative estimate of drug-likeness (QED) is 0.556. The first-order valence-electron chi connectivity index (χ1n) is 9.46. The highest BCUT2D eigenvalue weighted by Gasteiger charge is 2.44. The third-order valence-corrected chi connectivity index (χ3v) is 11.2. The van der Waals surface area contributed by atoms with E-state index in [1.807, 2.05) is 24.6 Å². The van der Waals surface area contributed by atoms with Crippen molar-refractivity contribution in [2.24, 2.45) is 0 Å². The molecule has 0 spiro atoms. The second-order valence-corrected chi connectivity index (χ2v) is 15.0. The molecule has 0 radical (unpaired) electrons. The SMILES string of the molecule is CC(C)S1(C)COC(=O)N1c1nc(NS(C)(C)c2ccccc2F)nc2[nH]ccc12. The zero-order valence-corrected chi connectivity index (χ0v) is 19.2. The van der Waals surface area contributed by atoms with Gasteiger partial charge in [0.15, 0.2) is 5.82 Å². The number of hydrogen-bond donors (Lipinski definition) is 2. The third kappa shape index (κ3) is 3.37.